The Morgan fingerprint density at radius 2 is 1.69 bits per heavy atom. The van der Waals surface area contributed by atoms with Crippen molar-refractivity contribution in [2.24, 2.45) is 0 Å². The van der Waals surface area contributed by atoms with Crippen molar-refractivity contribution < 1.29 is 27.4 Å². The minimum atomic E-state index is -4.40. The molecule has 0 aliphatic rings. The number of halogens is 3. The molecule has 1 aromatic rings. The molecule has 0 unspecified atom stereocenters. The Morgan fingerprint density at radius 3 is 2.19 bits per heavy atom. The summed E-state index contributed by atoms with van der Waals surface area (Å²) in [7, 11) is 0. The molecule has 6 heteroatoms. The summed E-state index contributed by atoms with van der Waals surface area (Å²) in [5, 5.41) is 0. The highest BCUT2D eigenvalue weighted by Gasteiger charge is 2.28. The summed E-state index contributed by atoms with van der Waals surface area (Å²) in [6, 6.07) is 5.85. The van der Waals surface area contributed by atoms with E-state index >= 15 is 0 Å². The molecule has 0 aromatic heterocycles. The summed E-state index contributed by atoms with van der Waals surface area (Å²) in [6.45, 7) is -1.62. The molecule has 1 rings (SSSR count). The summed E-state index contributed by atoms with van der Waals surface area (Å²) in [4.78, 5) is 10.1. The minimum Gasteiger partial charge on any atom is -0.482 e. The zero-order valence-electron chi connectivity index (χ0n) is 8.16. The van der Waals surface area contributed by atoms with E-state index in [0.29, 0.717) is 6.29 Å². The summed E-state index contributed by atoms with van der Waals surface area (Å²) in [5.41, 5.74) is 0. The van der Waals surface area contributed by atoms with E-state index in [1.54, 1.807) is 6.07 Å². The molecule has 0 fully saturated rings. The van der Waals surface area contributed by atoms with Gasteiger partial charge in [0, 0.05) is 0 Å². The lowest BCUT2D eigenvalue weighted by molar-refractivity contribution is -0.153. The van der Waals surface area contributed by atoms with Crippen LogP contribution in [0.3, 0.4) is 0 Å². The van der Waals surface area contributed by atoms with E-state index in [-0.39, 0.29) is 18.1 Å². The van der Waals surface area contributed by atoms with Crippen LogP contribution in [0.4, 0.5) is 13.2 Å². The highest BCUT2D eigenvalue weighted by Crippen LogP contribution is 2.28. The van der Waals surface area contributed by atoms with Gasteiger partial charge in [0.2, 0.25) is 0 Å². The molecule has 0 saturated heterocycles. The van der Waals surface area contributed by atoms with Gasteiger partial charge in [0.1, 0.15) is 6.61 Å². The Hall–Kier alpha value is -1.72. The van der Waals surface area contributed by atoms with Gasteiger partial charge in [-0.15, -0.1) is 0 Å². The van der Waals surface area contributed by atoms with Crippen molar-refractivity contribution >= 4 is 6.29 Å². The minimum absolute atomic E-state index is 0.0401. The fourth-order valence-corrected chi connectivity index (χ4v) is 0.972. The van der Waals surface area contributed by atoms with Crippen LogP contribution in [0, 0.1) is 0 Å². The van der Waals surface area contributed by atoms with Gasteiger partial charge in [-0.3, -0.25) is 4.79 Å². The molecular formula is C10H9F3O3. The summed E-state index contributed by atoms with van der Waals surface area (Å²) in [6.07, 6.45) is -3.90. The molecule has 0 heterocycles. The normalized spacial score (nSPS) is 10.9. The SMILES string of the molecule is O=CCOc1ccccc1OCC(F)(F)F. The third-order valence-corrected chi connectivity index (χ3v) is 1.55. The molecule has 0 aliphatic carbocycles. The average molecular weight is 234 g/mol. The second-order valence-corrected chi connectivity index (χ2v) is 2.83. The van der Waals surface area contributed by atoms with Crippen molar-refractivity contribution in [3.8, 4) is 11.5 Å². The predicted molar refractivity (Wildman–Crippen MR) is 49.6 cm³/mol. The van der Waals surface area contributed by atoms with Crippen molar-refractivity contribution in [3.05, 3.63) is 24.3 Å². The molecule has 88 valence electrons. The quantitative estimate of drug-likeness (QED) is 0.732. The van der Waals surface area contributed by atoms with Crippen LogP contribution in [0.15, 0.2) is 24.3 Å². The number of hydrogen-bond acceptors (Lipinski definition) is 3. The molecule has 16 heavy (non-hydrogen) atoms. The van der Waals surface area contributed by atoms with Crippen LogP contribution < -0.4 is 9.47 Å². The molecule has 0 radical (unpaired) electrons. The first-order valence-electron chi connectivity index (χ1n) is 4.38. The number of carbonyl (C=O) groups excluding carboxylic acids is 1. The fourth-order valence-electron chi connectivity index (χ4n) is 0.972. The molecule has 0 spiro atoms. The number of benzene rings is 1. The highest BCUT2D eigenvalue weighted by molar-refractivity contribution is 5.52. The maximum absolute atomic E-state index is 11.9. The number of hydrogen-bond donors (Lipinski definition) is 0. The first-order chi connectivity index (χ1) is 7.53. The van der Waals surface area contributed by atoms with Gasteiger partial charge in [-0.2, -0.15) is 13.2 Å². The maximum atomic E-state index is 11.9. The Labute approximate surface area is 89.8 Å². The highest BCUT2D eigenvalue weighted by atomic mass is 19.4. The molecule has 0 N–H and O–H groups in total. The molecule has 1 aromatic carbocycles. The van der Waals surface area contributed by atoms with Gasteiger partial charge < -0.3 is 9.47 Å². The van der Waals surface area contributed by atoms with Gasteiger partial charge >= 0.3 is 6.18 Å². The van der Waals surface area contributed by atoms with Crippen LogP contribution in [-0.2, 0) is 4.79 Å². The third-order valence-electron chi connectivity index (χ3n) is 1.55. The second-order valence-electron chi connectivity index (χ2n) is 2.83. The Kier molecular flexibility index (Phi) is 4.16. The Balaban J connectivity index is 2.67. The zero-order valence-corrected chi connectivity index (χ0v) is 8.16. The van der Waals surface area contributed by atoms with Crippen molar-refractivity contribution in [3.63, 3.8) is 0 Å². The summed E-state index contributed by atoms with van der Waals surface area (Å²) < 4.78 is 45.1. The topological polar surface area (TPSA) is 35.5 Å². The lowest BCUT2D eigenvalue weighted by Gasteiger charge is -2.12. The molecule has 0 aliphatic heterocycles. The van der Waals surface area contributed by atoms with E-state index in [0.717, 1.165) is 0 Å². The first kappa shape index (κ1) is 12.4. The average Bonchev–Trinajstić information content (AvgIpc) is 2.23. The summed E-state index contributed by atoms with van der Waals surface area (Å²) >= 11 is 0. The van der Waals surface area contributed by atoms with Gasteiger partial charge in [0.05, 0.1) is 0 Å². The number of alkyl halides is 3. The number of carbonyl (C=O) groups is 1. The predicted octanol–water partition coefficient (Wildman–Crippen LogP) is 2.21. The van der Waals surface area contributed by atoms with E-state index in [1.807, 2.05) is 0 Å². The lowest BCUT2D eigenvalue weighted by Crippen LogP contribution is -2.19. The molecule has 0 bridgehead atoms. The van der Waals surface area contributed by atoms with Crippen LogP contribution in [0.25, 0.3) is 0 Å². The standard InChI is InChI=1S/C10H9F3O3/c11-10(12,13)7-16-9-4-2-1-3-8(9)15-6-5-14/h1-5H,6-7H2. The number of ether oxygens (including phenoxy) is 2. The van der Waals surface area contributed by atoms with Crippen molar-refractivity contribution in [1.29, 1.82) is 0 Å². The summed E-state index contributed by atoms with van der Waals surface area (Å²) in [5.74, 6) is 0.0699. The van der Waals surface area contributed by atoms with Crippen LogP contribution in [0.5, 0.6) is 11.5 Å². The Morgan fingerprint density at radius 1 is 1.12 bits per heavy atom. The molecule has 0 atom stereocenters. The fraction of sp³-hybridized carbons (Fsp3) is 0.300. The Bertz CT molecular complexity index is 349. The third kappa shape index (κ3) is 4.20. The van der Waals surface area contributed by atoms with Crippen LogP contribution in [0.1, 0.15) is 0 Å². The van der Waals surface area contributed by atoms with E-state index in [1.165, 1.54) is 18.2 Å². The molecule has 3 nitrogen and oxygen atoms in total. The first-order valence-corrected chi connectivity index (χ1v) is 4.38. The van der Waals surface area contributed by atoms with Crippen molar-refractivity contribution in [2.45, 2.75) is 6.18 Å². The maximum Gasteiger partial charge on any atom is 0.422 e. The van der Waals surface area contributed by atoms with Gasteiger partial charge in [0.25, 0.3) is 0 Å². The molecular weight excluding hydrogens is 225 g/mol. The van der Waals surface area contributed by atoms with E-state index < -0.39 is 12.8 Å². The van der Waals surface area contributed by atoms with E-state index in [4.69, 9.17) is 4.74 Å². The monoisotopic (exact) mass is 234 g/mol. The smallest absolute Gasteiger partial charge is 0.422 e. The van der Waals surface area contributed by atoms with Crippen molar-refractivity contribution in [1.82, 2.24) is 0 Å². The van der Waals surface area contributed by atoms with E-state index in [9.17, 15) is 18.0 Å². The number of aldehydes is 1. The number of para-hydroxylation sites is 2. The van der Waals surface area contributed by atoms with Gasteiger partial charge in [-0.1, -0.05) is 12.1 Å². The van der Waals surface area contributed by atoms with Crippen molar-refractivity contribution in [2.75, 3.05) is 13.2 Å². The molecule has 0 amide bonds. The van der Waals surface area contributed by atoms with Gasteiger partial charge in [-0.25, -0.2) is 0 Å². The van der Waals surface area contributed by atoms with Crippen LogP contribution >= 0.6 is 0 Å². The van der Waals surface area contributed by atoms with E-state index in [2.05, 4.69) is 4.74 Å². The number of rotatable bonds is 5. The molecule has 0 saturated carbocycles. The zero-order chi connectivity index (χ0) is 12.0. The van der Waals surface area contributed by atoms with Crippen LogP contribution in [-0.4, -0.2) is 25.7 Å². The second kappa shape index (κ2) is 5.39. The van der Waals surface area contributed by atoms with Gasteiger partial charge in [0.15, 0.2) is 24.4 Å². The van der Waals surface area contributed by atoms with Gasteiger partial charge in [-0.05, 0) is 12.1 Å². The lowest BCUT2D eigenvalue weighted by atomic mass is 10.3. The van der Waals surface area contributed by atoms with Crippen LogP contribution in [0.2, 0.25) is 0 Å². The largest absolute Gasteiger partial charge is 0.482 e.